The lowest BCUT2D eigenvalue weighted by Crippen LogP contribution is -2.35. The van der Waals surface area contributed by atoms with Crippen LogP contribution in [-0.2, 0) is 16.4 Å². The molecule has 0 aromatic heterocycles. The Morgan fingerprint density at radius 3 is 2.42 bits per heavy atom. The van der Waals surface area contributed by atoms with Crippen LogP contribution in [0.3, 0.4) is 0 Å². The van der Waals surface area contributed by atoms with Crippen LogP contribution in [0.5, 0.6) is 0 Å². The Labute approximate surface area is 114 Å². The van der Waals surface area contributed by atoms with Crippen molar-refractivity contribution in [2.24, 2.45) is 5.73 Å². The number of benzene rings is 1. The van der Waals surface area contributed by atoms with Crippen molar-refractivity contribution in [2.75, 3.05) is 0 Å². The van der Waals surface area contributed by atoms with Crippen molar-refractivity contribution in [3.63, 3.8) is 0 Å². The Morgan fingerprint density at radius 1 is 1.37 bits per heavy atom. The van der Waals surface area contributed by atoms with Crippen molar-refractivity contribution in [3.05, 3.63) is 29.8 Å². The first-order valence-corrected chi connectivity index (χ1v) is 7.77. The van der Waals surface area contributed by atoms with Crippen molar-refractivity contribution in [3.8, 4) is 0 Å². The second-order valence-corrected chi connectivity index (χ2v) is 6.36. The minimum atomic E-state index is -3.54. The van der Waals surface area contributed by atoms with E-state index in [-0.39, 0.29) is 17.2 Å². The van der Waals surface area contributed by atoms with Gasteiger partial charge >= 0.3 is 0 Å². The van der Waals surface area contributed by atoms with Gasteiger partial charge in [0.1, 0.15) is 0 Å². The first-order valence-electron chi connectivity index (χ1n) is 6.29. The fourth-order valence-corrected chi connectivity index (χ4v) is 3.07. The van der Waals surface area contributed by atoms with Gasteiger partial charge in [0, 0.05) is 12.5 Å². The van der Waals surface area contributed by atoms with Gasteiger partial charge in [-0.15, -0.1) is 0 Å². The largest absolute Gasteiger partial charge is 0.388 e. The van der Waals surface area contributed by atoms with Crippen LogP contribution in [0.4, 0.5) is 0 Å². The molecule has 1 aromatic rings. The molecule has 1 atom stereocenters. The predicted molar refractivity (Wildman–Crippen MR) is 76.8 cm³/mol. The number of hydrogen-bond acceptors (Lipinski definition) is 3. The van der Waals surface area contributed by atoms with E-state index in [1.807, 2.05) is 12.1 Å². The van der Waals surface area contributed by atoms with E-state index in [4.69, 9.17) is 11.1 Å². The molecule has 0 aliphatic rings. The van der Waals surface area contributed by atoms with Gasteiger partial charge in [0.2, 0.25) is 10.0 Å². The van der Waals surface area contributed by atoms with Gasteiger partial charge in [-0.2, -0.15) is 0 Å². The number of aryl methyl sites for hydroxylation is 1. The normalized spacial score (nSPS) is 13.2. The monoisotopic (exact) mass is 283 g/mol. The Morgan fingerprint density at radius 2 is 1.95 bits per heavy atom. The highest BCUT2D eigenvalue weighted by molar-refractivity contribution is 7.89. The highest BCUT2D eigenvalue weighted by Gasteiger charge is 2.17. The molecule has 0 saturated heterocycles. The summed E-state index contributed by atoms with van der Waals surface area (Å²) < 4.78 is 26.6. The van der Waals surface area contributed by atoms with Crippen LogP contribution in [0.25, 0.3) is 0 Å². The van der Waals surface area contributed by atoms with E-state index in [1.54, 1.807) is 19.1 Å². The summed E-state index contributed by atoms with van der Waals surface area (Å²) in [7, 11) is -3.54. The molecule has 0 amide bonds. The fraction of sp³-hybridized carbons (Fsp3) is 0.462. The molecule has 19 heavy (non-hydrogen) atoms. The van der Waals surface area contributed by atoms with Crippen LogP contribution in [0.1, 0.15) is 32.3 Å². The molecule has 0 spiro atoms. The molecule has 0 heterocycles. The van der Waals surface area contributed by atoms with E-state index >= 15 is 0 Å². The second-order valence-electron chi connectivity index (χ2n) is 4.65. The van der Waals surface area contributed by atoms with Crippen molar-refractivity contribution in [1.29, 1.82) is 5.41 Å². The minimum Gasteiger partial charge on any atom is -0.388 e. The maximum Gasteiger partial charge on any atom is 0.240 e. The van der Waals surface area contributed by atoms with Crippen molar-refractivity contribution in [1.82, 2.24) is 4.72 Å². The summed E-state index contributed by atoms with van der Waals surface area (Å²) in [6.45, 7) is 3.76. The van der Waals surface area contributed by atoms with Crippen LogP contribution in [0, 0.1) is 5.41 Å². The van der Waals surface area contributed by atoms with Crippen molar-refractivity contribution < 1.29 is 8.42 Å². The van der Waals surface area contributed by atoms with Gasteiger partial charge < -0.3 is 5.73 Å². The molecule has 0 saturated carbocycles. The van der Waals surface area contributed by atoms with Crippen LogP contribution < -0.4 is 10.5 Å². The van der Waals surface area contributed by atoms with E-state index in [1.165, 1.54) is 0 Å². The lowest BCUT2D eigenvalue weighted by molar-refractivity contribution is 0.564. The van der Waals surface area contributed by atoms with Gasteiger partial charge in [-0.05, 0) is 31.0 Å². The van der Waals surface area contributed by atoms with Crippen LogP contribution >= 0.6 is 0 Å². The van der Waals surface area contributed by atoms with E-state index in [0.29, 0.717) is 0 Å². The number of rotatable bonds is 7. The average Bonchev–Trinajstić information content (AvgIpc) is 2.28. The van der Waals surface area contributed by atoms with Gasteiger partial charge in [-0.25, -0.2) is 13.1 Å². The Bertz CT molecular complexity index is 523. The molecule has 0 fully saturated rings. The van der Waals surface area contributed by atoms with Crippen LogP contribution in [0.2, 0.25) is 0 Å². The third kappa shape index (κ3) is 5.00. The number of sulfonamides is 1. The topological polar surface area (TPSA) is 96.0 Å². The summed E-state index contributed by atoms with van der Waals surface area (Å²) in [6, 6.07) is 6.47. The minimum absolute atomic E-state index is 0.0338. The fourth-order valence-electron chi connectivity index (χ4n) is 1.83. The zero-order valence-corrected chi connectivity index (χ0v) is 12.1. The number of hydrogen-bond donors (Lipinski definition) is 3. The van der Waals surface area contributed by atoms with Crippen molar-refractivity contribution in [2.45, 2.75) is 44.0 Å². The molecule has 1 rings (SSSR count). The maximum absolute atomic E-state index is 12.1. The summed E-state index contributed by atoms with van der Waals surface area (Å²) in [5.41, 5.74) is 6.38. The summed E-state index contributed by atoms with van der Waals surface area (Å²) in [5.74, 6) is -0.0338. The Hall–Kier alpha value is -1.40. The average molecular weight is 283 g/mol. The van der Waals surface area contributed by atoms with Gasteiger partial charge in [-0.3, -0.25) is 5.41 Å². The number of nitrogens with one attached hydrogen (secondary N) is 2. The van der Waals surface area contributed by atoms with E-state index in [0.717, 1.165) is 18.4 Å². The van der Waals surface area contributed by atoms with Crippen LogP contribution in [-0.4, -0.2) is 20.3 Å². The summed E-state index contributed by atoms with van der Waals surface area (Å²) in [4.78, 5) is 0.239. The molecule has 0 radical (unpaired) electrons. The summed E-state index contributed by atoms with van der Waals surface area (Å²) in [6.07, 6.45) is 2.17. The van der Waals surface area contributed by atoms with Gasteiger partial charge in [0.25, 0.3) is 0 Å². The van der Waals surface area contributed by atoms with Crippen molar-refractivity contribution >= 4 is 15.9 Å². The lowest BCUT2D eigenvalue weighted by Gasteiger charge is -2.13. The number of amidine groups is 1. The molecule has 0 aliphatic carbocycles. The summed E-state index contributed by atoms with van der Waals surface area (Å²) in [5, 5.41) is 7.15. The van der Waals surface area contributed by atoms with Gasteiger partial charge in [-0.1, -0.05) is 25.5 Å². The summed E-state index contributed by atoms with van der Waals surface area (Å²) >= 11 is 0. The molecule has 1 unspecified atom stereocenters. The van der Waals surface area contributed by atoms with E-state index in [9.17, 15) is 8.42 Å². The highest BCUT2D eigenvalue weighted by Crippen LogP contribution is 2.12. The third-order valence-corrected chi connectivity index (χ3v) is 4.26. The quantitative estimate of drug-likeness (QED) is 0.524. The molecule has 6 heteroatoms. The predicted octanol–water partition coefficient (Wildman–Crippen LogP) is 1.63. The molecular weight excluding hydrogens is 262 g/mol. The molecule has 0 bridgehead atoms. The third-order valence-electron chi connectivity index (χ3n) is 2.65. The molecular formula is C13H21N3O2S. The standard InChI is InChI=1S/C13H21N3O2S/c1-3-4-11-5-7-12(8-6-11)19(17,18)16-10(2)9-13(14)15/h5-8,10,16H,3-4,9H2,1-2H3,(H3,14,15). The lowest BCUT2D eigenvalue weighted by atomic mass is 10.1. The Balaban J connectivity index is 2.79. The maximum atomic E-state index is 12.1. The zero-order chi connectivity index (χ0) is 14.5. The van der Waals surface area contributed by atoms with E-state index < -0.39 is 16.1 Å². The first kappa shape index (κ1) is 15.7. The van der Waals surface area contributed by atoms with Gasteiger partial charge in [0.15, 0.2) is 0 Å². The highest BCUT2D eigenvalue weighted by atomic mass is 32.2. The molecule has 1 aromatic carbocycles. The van der Waals surface area contributed by atoms with Crippen LogP contribution in [0.15, 0.2) is 29.2 Å². The number of nitrogens with two attached hydrogens (primary N) is 1. The van der Waals surface area contributed by atoms with Gasteiger partial charge in [0.05, 0.1) is 10.7 Å². The molecule has 4 N–H and O–H groups in total. The molecule has 0 aliphatic heterocycles. The molecule has 106 valence electrons. The zero-order valence-electron chi connectivity index (χ0n) is 11.3. The molecule has 5 nitrogen and oxygen atoms in total. The second kappa shape index (κ2) is 6.68. The smallest absolute Gasteiger partial charge is 0.240 e. The first-order chi connectivity index (χ1) is 8.85. The Kier molecular flexibility index (Phi) is 5.50. The SMILES string of the molecule is CCCc1ccc(S(=O)(=O)NC(C)CC(=N)N)cc1. The van der Waals surface area contributed by atoms with E-state index in [2.05, 4.69) is 11.6 Å².